The van der Waals surface area contributed by atoms with E-state index in [-0.39, 0.29) is 0 Å². The Morgan fingerprint density at radius 3 is 2.43 bits per heavy atom. The van der Waals surface area contributed by atoms with E-state index in [2.05, 4.69) is 31.4 Å². The van der Waals surface area contributed by atoms with Gasteiger partial charge in [0.2, 0.25) is 5.13 Å². The molecule has 2 rings (SSSR count). The lowest BCUT2D eigenvalue weighted by atomic mass is 10.1. The third-order valence-corrected chi connectivity index (χ3v) is 3.87. The van der Waals surface area contributed by atoms with Crippen LogP contribution in [0.2, 0.25) is 0 Å². The van der Waals surface area contributed by atoms with Gasteiger partial charge in [-0.05, 0) is 28.8 Å². The molecule has 1 aromatic rings. The summed E-state index contributed by atoms with van der Waals surface area (Å²) >= 11 is 4.89. The molecule has 1 aliphatic rings. The molecule has 0 bridgehead atoms. The van der Waals surface area contributed by atoms with Crippen molar-refractivity contribution in [2.24, 2.45) is 0 Å². The smallest absolute Gasteiger partial charge is 0.206 e. The molecule has 14 heavy (non-hydrogen) atoms. The second-order valence-corrected chi connectivity index (χ2v) is 5.95. The molecule has 0 aliphatic heterocycles. The number of aromatic nitrogens is 2. The molecule has 1 N–H and O–H groups in total. The summed E-state index contributed by atoms with van der Waals surface area (Å²) in [6.45, 7) is 0. The van der Waals surface area contributed by atoms with Crippen LogP contribution in [0.4, 0.5) is 5.13 Å². The number of rotatable bonds is 2. The third-order valence-electron chi connectivity index (χ3n) is 2.58. The summed E-state index contributed by atoms with van der Waals surface area (Å²) in [6.07, 6.45) is 8.01. The fraction of sp³-hybridized carbons (Fsp3) is 0.778. The van der Waals surface area contributed by atoms with Crippen molar-refractivity contribution < 1.29 is 0 Å². The van der Waals surface area contributed by atoms with E-state index in [0.717, 1.165) is 9.05 Å². The molecule has 0 spiro atoms. The first-order chi connectivity index (χ1) is 6.84. The van der Waals surface area contributed by atoms with Gasteiger partial charge in [-0.2, -0.15) is 0 Å². The summed E-state index contributed by atoms with van der Waals surface area (Å²) in [5.74, 6) is 0. The lowest BCUT2D eigenvalue weighted by Crippen LogP contribution is -2.17. The minimum absolute atomic E-state index is 0.609. The maximum Gasteiger partial charge on any atom is 0.206 e. The van der Waals surface area contributed by atoms with Crippen molar-refractivity contribution in [1.82, 2.24) is 10.2 Å². The van der Waals surface area contributed by atoms with Crippen LogP contribution in [0.25, 0.3) is 0 Å². The highest BCUT2D eigenvalue weighted by atomic mass is 79.9. The highest BCUT2D eigenvalue weighted by Crippen LogP contribution is 2.24. The summed E-state index contributed by atoms with van der Waals surface area (Å²) in [6, 6.07) is 0.609. The summed E-state index contributed by atoms with van der Waals surface area (Å²) < 4.78 is 0.855. The number of hydrogen-bond acceptors (Lipinski definition) is 4. The second-order valence-electron chi connectivity index (χ2n) is 3.69. The van der Waals surface area contributed by atoms with Gasteiger partial charge >= 0.3 is 0 Å². The van der Waals surface area contributed by atoms with Gasteiger partial charge in [0.1, 0.15) is 0 Å². The monoisotopic (exact) mass is 275 g/mol. The Morgan fingerprint density at radius 2 is 1.86 bits per heavy atom. The van der Waals surface area contributed by atoms with E-state index in [4.69, 9.17) is 0 Å². The minimum atomic E-state index is 0.609. The molecular weight excluding hydrogens is 262 g/mol. The molecule has 78 valence electrons. The van der Waals surface area contributed by atoms with E-state index in [0.29, 0.717) is 6.04 Å². The summed E-state index contributed by atoms with van der Waals surface area (Å²) in [4.78, 5) is 0. The molecule has 1 aliphatic carbocycles. The summed E-state index contributed by atoms with van der Waals surface area (Å²) in [5, 5.41) is 12.4. The third kappa shape index (κ3) is 2.92. The van der Waals surface area contributed by atoms with Gasteiger partial charge in [0, 0.05) is 6.04 Å². The normalized spacial score (nSPS) is 19.2. The van der Waals surface area contributed by atoms with Crippen molar-refractivity contribution in [3.8, 4) is 0 Å². The molecule has 1 saturated carbocycles. The first kappa shape index (κ1) is 10.4. The lowest BCUT2D eigenvalue weighted by Gasteiger charge is -2.14. The summed E-state index contributed by atoms with van der Waals surface area (Å²) in [5.41, 5.74) is 0. The Labute approximate surface area is 96.4 Å². The van der Waals surface area contributed by atoms with Crippen LogP contribution in [0.3, 0.4) is 0 Å². The molecule has 5 heteroatoms. The van der Waals surface area contributed by atoms with E-state index in [1.165, 1.54) is 38.5 Å². The van der Waals surface area contributed by atoms with Crippen LogP contribution >= 0.6 is 27.3 Å². The first-order valence-electron chi connectivity index (χ1n) is 5.10. The lowest BCUT2D eigenvalue weighted by molar-refractivity contribution is 0.618. The van der Waals surface area contributed by atoms with Crippen LogP contribution in [0.15, 0.2) is 3.92 Å². The Kier molecular flexibility index (Phi) is 3.75. The van der Waals surface area contributed by atoms with Gasteiger partial charge in [-0.15, -0.1) is 10.2 Å². The van der Waals surface area contributed by atoms with Crippen molar-refractivity contribution in [3.05, 3.63) is 3.92 Å². The average molecular weight is 276 g/mol. The fourth-order valence-electron chi connectivity index (χ4n) is 1.86. The van der Waals surface area contributed by atoms with Crippen LogP contribution in [-0.4, -0.2) is 16.2 Å². The van der Waals surface area contributed by atoms with Crippen LogP contribution < -0.4 is 5.32 Å². The predicted molar refractivity (Wildman–Crippen MR) is 62.7 cm³/mol. The van der Waals surface area contributed by atoms with Gasteiger partial charge in [0.05, 0.1) is 0 Å². The quantitative estimate of drug-likeness (QED) is 0.841. The molecule has 0 unspecified atom stereocenters. The van der Waals surface area contributed by atoms with Crippen LogP contribution in [0.5, 0.6) is 0 Å². The Hall–Kier alpha value is -0.160. The Morgan fingerprint density at radius 1 is 1.14 bits per heavy atom. The first-order valence-corrected chi connectivity index (χ1v) is 6.71. The molecule has 0 radical (unpaired) electrons. The average Bonchev–Trinajstić information content (AvgIpc) is 2.43. The van der Waals surface area contributed by atoms with Crippen molar-refractivity contribution in [1.29, 1.82) is 0 Å². The van der Waals surface area contributed by atoms with Crippen LogP contribution in [-0.2, 0) is 0 Å². The van der Waals surface area contributed by atoms with Crippen molar-refractivity contribution in [3.63, 3.8) is 0 Å². The van der Waals surface area contributed by atoms with Gasteiger partial charge in [-0.25, -0.2) is 0 Å². The zero-order valence-electron chi connectivity index (χ0n) is 8.00. The number of anilines is 1. The maximum absolute atomic E-state index is 4.05. The van der Waals surface area contributed by atoms with Crippen LogP contribution in [0, 0.1) is 0 Å². The molecule has 1 heterocycles. The van der Waals surface area contributed by atoms with Gasteiger partial charge < -0.3 is 5.32 Å². The number of nitrogens with one attached hydrogen (secondary N) is 1. The summed E-state index contributed by atoms with van der Waals surface area (Å²) in [7, 11) is 0. The van der Waals surface area contributed by atoms with Crippen molar-refractivity contribution >= 4 is 32.4 Å². The molecular formula is C9H14BrN3S. The zero-order chi connectivity index (χ0) is 9.80. The van der Waals surface area contributed by atoms with E-state index in [9.17, 15) is 0 Å². The van der Waals surface area contributed by atoms with Gasteiger partial charge in [0.15, 0.2) is 3.92 Å². The van der Waals surface area contributed by atoms with Crippen molar-refractivity contribution in [2.75, 3.05) is 5.32 Å². The topological polar surface area (TPSA) is 37.8 Å². The van der Waals surface area contributed by atoms with Crippen LogP contribution in [0.1, 0.15) is 38.5 Å². The molecule has 0 saturated heterocycles. The Bertz CT molecular complexity index is 281. The Balaban J connectivity index is 1.89. The van der Waals surface area contributed by atoms with E-state index in [1.54, 1.807) is 11.3 Å². The van der Waals surface area contributed by atoms with Crippen molar-refractivity contribution in [2.45, 2.75) is 44.6 Å². The molecule has 0 amide bonds. The number of hydrogen-bond donors (Lipinski definition) is 1. The molecule has 0 aromatic carbocycles. The molecule has 1 aromatic heterocycles. The highest BCUT2D eigenvalue weighted by Gasteiger charge is 2.13. The second kappa shape index (κ2) is 5.07. The van der Waals surface area contributed by atoms with E-state index >= 15 is 0 Å². The largest absolute Gasteiger partial charge is 0.357 e. The number of nitrogens with zero attached hydrogens (tertiary/aromatic N) is 2. The van der Waals surface area contributed by atoms with Gasteiger partial charge in [-0.1, -0.05) is 37.0 Å². The molecule has 1 fully saturated rings. The molecule has 0 atom stereocenters. The van der Waals surface area contributed by atoms with E-state index in [1.807, 2.05) is 0 Å². The van der Waals surface area contributed by atoms with Gasteiger partial charge in [0.25, 0.3) is 0 Å². The number of halogens is 1. The standard InChI is InChI=1S/C9H14BrN3S/c10-8-12-13-9(14-8)11-7-5-3-1-2-4-6-7/h7H,1-6H2,(H,11,13). The predicted octanol–water partition coefficient (Wildman–Crippen LogP) is 3.44. The fourth-order valence-corrected chi connectivity index (χ4v) is 2.95. The molecule has 3 nitrogen and oxygen atoms in total. The minimum Gasteiger partial charge on any atom is -0.357 e. The maximum atomic E-state index is 4.05. The zero-order valence-corrected chi connectivity index (χ0v) is 10.4. The SMILES string of the molecule is Brc1nnc(NC2CCCCCC2)s1. The highest BCUT2D eigenvalue weighted by molar-refractivity contribution is 9.11. The van der Waals surface area contributed by atoms with Gasteiger partial charge in [-0.3, -0.25) is 0 Å². The van der Waals surface area contributed by atoms with E-state index < -0.39 is 0 Å².